The highest BCUT2D eigenvalue weighted by molar-refractivity contribution is 9.10. The monoisotopic (exact) mass is 460 g/mol. The van der Waals surface area contributed by atoms with Crippen LogP contribution in [0.4, 0.5) is 5.69 Å². The molecule has 3 rings (SSSR count). The van der Waals surface area contributed by atoms with Gasteiger partial charge in [0.15, 0.2) is 0 Å². The Morgan fingerprint density at radius 3 is 2.50 bits per heavy atom. The molecule has 2 aromatic carbocycles. The van der Waals surface area contributed by atoms with Crippen LogP contribution in [0.2, 0.25) is 0 Å². The Kier molecular flexibility index (Phi) is 7.57. The second-order valence-corrected chi connectivity index (χ2v) is 8.89. The molecule has 1 N–H and O–H groups in total. The number of thioether (sulfide) groups is 1. The summed E-state index contributed by atoms with van der Waals surface area (Å²) in [7, 11) is 1.91. The number of benzene rings is 2. The number of nitrogens with zero attached hydrogens (tertiary/aromatic N) is 1. The van der Waals surface area contributed by atoms with Gasteiger partial charge in [0.2, 0.25) is 5.91 Å². The summed E-state index contributed by atoms with van der Waals surface area (Å²) in [6.45, 7) is 0. The van der Waals surface area contributed by atoms with Crippen LogP contribution in [-0.2, 0) is 4.79 Å². The third-order valence-electron chi connectivity index (χ3n) is 5.12. The van der Waals surface area contributed by atoms with Crippen molar-refractivity contribution in [1.29, 1.82) is 0 Å². The van der Waals surface area contributed by atoms with E-state index in [4.69, 9.17) is 0 Å². The zero-order valence-corrected chi connectivity index (χ0v) is 18.4. The third kappa shape index (κ3) is 5.39. The highest BCUT2D eigenvalue weighted by atomic mass is 79.9. The van der Waals surface area contributed by atoms with E-state index < -0.39 is 0 Å². The normalized spacial score (nSPS) is 14.5. The number of amides is 2. The summed E-state index contributed by atoms with van der Waals surface area (Å²) in [6.07, 6.45) is 5.87. The van der Waals surface area contributed by atoms with E-state index in [-0.39, 0.29) is 11.8 Å². The van der Waals surface area contributed by atoms with E-state index in [9.17, 15) is 9.59 Å². The molecule has 0 saturated heterocycles. The lowest BCUT2D eigenvalue weighted by molar-refractivity contribution is -0.129. The van der Waals surface area contributed by atoms with E-state index in [2.05, 4.69) is 21.2 Å². The molecular weight excluding hydrogens is 436 g/mol. The maximum absolute atomic E-state index is 12.8. The van der Waals surface area contributed by atoms with Crippen molar-refractivity contribution in [3.05, 3.63) is 58.6 Å². The van der Waals surface area contributed by atoms with Crippen LogP contribution in [0.15, 0.2) is 57.9 Å². The van der Waals surface area contributed by atoms with E-state index in [0.29, 0.717) is 17.4 Å². The first-order chi connectivity index (χ1) is 13.6. The molecule has 1 fully saturated rings. The number of rotatable bonds is 6. The number of halogens is 1. The number of carbonyl (C=O) groups excluding carboxylic acids is 2. The van der Waals surface area contributed by atoms with Crippen molar-refractivity contribution in [2.24, 2.45) is 0 Å². The first kappa shape index (κ1) is 20.9. The lowest BCUT2D eigenvalue weighted by atomic mass is 9.94. The van der Waals surface area contributed by atoms with Gasteiger partial charge >= 0.3 is 0 Å². The Bertz CT molecular complexity index is 837. The Hall–Kier alpha value is -1.79. The van der Waals surface area contributed by atoms with Crippen molar-refractivity contribution in [3.8, 4) is 0 Å². The van der Waals surface area contributed by atoms with Gasteiger partial charge in [0.25, 0.3) is 5.91 Å². The lowest BCUT2D eigenvalue weighted by Crippen LogP contribution is -2.39. The molecule has 2 amide bonds. The van der Waals surface area contributed by atoms with Crippen molar-refractivity contribution in [1.82, 2.24) is 4.90 Å². The molecule has 1 aliphatic rings. The minimum Gasteiger partial charge on any atom is -0.342 e. The number of hydrogen-bond donors (Lipinski definition) is 1. The predicted molar refractivity (Wildman–Crippen MR) is 119 cm³/mol. The van der Waals surface area contributed by atoms with Gasteiger partial charge in [0.05, 0.1) is 17.0 Å². The summed E-state index contributed by atoms with van der Waals surface area (Å²) in [4.78, 5) is 28.1. The smallest absolute Gasteiger partial charge is 0.256 e. The van der Waals surface area contributed by atoms with E-state index in [0.717, 1.165) is 27.9 Å². The van der Waals surface area contributed by atoms with Crippen molar-refractivity contribution >= 4 is 45.2 Å². The molecule has 28 heavy (non-hydrogen) atoms. The third-order valence-corrected chi connectivity index (χ3v) is 6.87. The first-order valence-corrected chi connectivity index (χ1v) is 11.4. The fourth-order valence-corrected chi connectivity index (χ4v) is 4.80. The number of hydrogen-bond acceptors (Lipinski definition) is 3. The largest absolute Gasteiger partial charge is 0.342 e. The topological polar surface area (TPSA) is 49.4 Å². The molecule has 2 aromatic rings. The minimum absolute atomic E-state index is 0.123. The Labute approximate surface area is 179 Å². The minimum atomic E-state index is -0.178. The van der Waals surface area contributed by atoms with Gasteiger partial charge in [-0.05, 0) is 53.0 Å². The van der Waals surface area contributed by atoms with E-state index in [1.54, 1.807) is 6.07 Å². The molecule has 1 aliphatic carbocycles. The summed E-state index contributed by atoms with van der Waals surface area (Å²) in [5, 5.41) is 2.93. The highest BCUT2D eigenvalue weighted by Crippen LogP contribution is 2.27. The average Bonchev–Trinajstić information content (AvgIpc) is 2.74. The van der Waals surface area contributed by atoms with Gasteiger partial charge in [-0.3, -0.25) is 9.59 Å². The van der Waals surface area contributed by atoms with Crippen LogP contribution >= 0.6 is 27.7 Å². The van der Waals surface area contributed by atoms with Crippen LogP contribution in [-0.4, -0.2) is 35.6 Å². The zero-order chi connectivity index (χ0) is 19.9. The van der Waals surface area contributed by atoms with Crippen LogP contribution in [0.5, 0.6) is 0 Å². The fraction of sp³-hybridized carbons (Fsp3) is 0.364. The Morgan fingerprint density at radius 2 is 1.75 bits per heavy atom. The van der Waals surface area contributed by atoms with Crippen LogP contribution in [0.25, 0.3) is 0 Å². The molecule has 0 bridgehead atoms. The molecule has 0 aromatic heterocycles. The Balaban J connectivity index is 1.64. The number of carbonyl (C=O) groups is 2. The molecular formula is C22H25BrN2O2S. The van der Waals surface area contributed by atoms with Crippen LogP contribution < -0.4 is 5.32 Å². The van der Waals surface area contributed by atoms with Crippen molar-refractivity contribution in [3.63, 3.8) is 0 Å². The SMILES string of the molecule is CN(C(=O)CSc1ccccc1C(=O)Nc1ccccc1Br)C1CCCCC1. The van der Waals surface area contributed by atoms with Gasteiger partial charge in [0.1, 0.15) is 0 Å². The predicted octanol–water partition coefficient (Wildman–Crippen LogP) is 5.58. The molecule has 0 spiro atoms. The fourth-order valence-electron chi connectivity index (χ4n) is 3.45. The van der Waals surface area contributed by atoms with Crippen molar-refractivity contribution in [2.45, 2.75) is 43.0 Å². The Morgan fingerprint density at radius 1 is 1.07 bits per heavy atom. The van der Waals surface area contributed by atoms with Gasteiger partial charge in [-0.1, -0.05) is 43.5 Å². The van der Waals surface area contributed by atoms with Gasteiger partial charge in [0, 0.05) is 22.5 Å². The average molecular weight is 461 g/mol. The molecule has 0 unspecified atom stereocenters. The maximum Gasteiger partial charge on any atom is 0.256 e. The van der Waals surface area contributed by atoms with Gasteiger partial charge in [-0.25, -0.2) is 0 Å². The zero-order valence-electron chi connectivity index (χ0n) is 16.0. The van der Waals surface area contributed by atoms with Crippen LogP contribution in [0.1, 0.15) is 42.5 Å². The number of para-hydroxylation sites is 1. The van der Waals surface area contributed by atoms with Crippen LogP contribution in [0.3, 0.4) is 0 Å². The van der Waals surface area contributed by atoms with E-state index >= 15 is 0 Å². The quantitative estimate of drug-likeness (QED) is 0.571. The van der Waals surface area contributed by atoms with Gasteiger partial charge < -0.3 is 10.2 Å². The standard InChI is InChI=1S/C22H25BrN2O2S/c1-25(16-9-3-2-4-10-16)21(26)15-28-20-14-8-5-11-17(20)22(27)24-19-13-7-6-12-18(19)23/h5-8,11-14,16H,2-4,9-10,15H2,1H3,(H,24,27). The highest BCUT2D eigenvalue weighted by Gasteiger charge is 2.22. The number of nitrogens with one attached hydrogen (secondary N) is 1. The van der Waals surface area contributed by atoms with Gasteiger partial charge in [-0.2, -0.15) is 0 Å². The molecule has 0 heterocycles. The van der Waals surface area contributed by atoms with E-state index in [1.165, 1.54) is 31.0 Å². The maximum atomic E-state index is 12.8. The summed E-state index contributed by atoms with van der Waals surface area (Å²) < 4.78 is 0.831. The lowest BCUT2D eigenvalue weighted by Gasteiger charge is -2.31. The second-order valence-electron chi connectivity index (χ2n) is 7.02. The second kappa shape index (κ2) is 10.1. The molecule has 1 saturated carbocycles. The first-order valence-electron chi connectivity index (χ1n) is 9.59. The number of anilines is 1. The molecule has 6 heteroatoms. The molecule has 148 valence electrons. The van der Waals surface area contributed by atoms with E-state index in [1.807, 2.05) is 54.4 Å². The van der Waals surface area contributed by atoms with Crippen molar-refractivity contribution in [2.75, 3.05) is 18.1 Å². The van der Waals surface area contributed by atoms with Gasteiger partial charge in [-0.15, -0.1) is 11.8 Å². The van der Waals surface area contributed by atoms with Crippen molar-refractivity contribution < 1.29 is 9.59 Å². The summed E-state index contributed by atoms with van der Waals surface area (Å²) in [5.41, 5.74) is 1.30. The molecule has 0 atom stereocenters. The molecule has 4 nitrogen and oxygen atoms in total. The summed E-state index contributed by atoms with van der Waals surface area (Å²) in [6, 6.07) is 15.3. The molecule has 0 aliphatic heterocycles. The van der Waals surface area contributed by atoms with Crippen LogP contribution in [0, 0.1) is 0 Å². The molecule has 0 radical (unpaired) electrons. The summed E-state index contributed by atoms with van der Waals surface area (Å²) in [5.74, 6) is 0.285. The summed E-state index contributed by atoms with van der Waals surface area (Å²) >= 11 is 4.88.